The van der Waals surface area contributed by atoms with Crippen molar-refractivity contribution in [2.24, 2.45) is 16.6 Å². The van der Waals surface area contributed by atoms with Gasteiger partial charge in [-0.05, 0) is 25.0 Å². The van der Waals surface area contributed by atoms with E-state index in [4.69, 9.17) is 53.1 Å². The molecule has 0 radical (unpaired) electrons. The zero-order chi connectivity index (χ0) is 50.7. The summed E-state index contributed by atoms with van der Waals surface area (Å²) in [5.41, 5.74) is 7.75. The van der Waals surface area contributed by atoms with Crippen molar-refractivity contribution in [3.05, 3.63) is 41.2 Å². The Morgan fingerprint density at radius 3 is 1.59 bits per heavy atom. The molecule has 24 heteroatoms. The van der Waals surface area contributed by atoms with Crippen molar-refractivity contribution < 1.29 is 76.1 Å². The van der Waals surface area contributed by atoms with Crippen molar-refractivity contribution in [1.82, 2.24) is 30.7 Å². The first-order chi connectivity index (χ1) is 34.7. The first kappa shape index (κ1) is 58.3. The van der Waals surface area contributed by atoms with Crippen LogP contribution in [0.1, 0.15) is 42.2 Å². The molecule has 6 amide bonds. The van der Waals surface area contributed by atoms with E-state index in [2.05, 4.69) is 25.9 Å². The number of imide groups is 1. The lowest BCUT2D eigenvalue weighted by Crippen LogP contribution is -2.41. The van der Waals surface area contributed by atoms with Gasteiger partial charge in [-0.3, -0.25) is 38.7 Å². The van der Waals surface area contributed by atoms with E-state index in [9.17, 15) is 28.8 Å². The maximum Gasteiger partial charge on any atom is 0.255 e. The number of nitrogens with two attached hydrogens (primary N) is 1. The summed E-state index contributed by atoms with van der Waals surface area (Å²) in [5, 5.41) is 8.31. The summed E-state index contributed by atoms with van der Waals surface area (Å²) in [7, 11) is 0. The minimum Gasteiger partial charge on any atom is -0.387 e. The standard InChI is InChI=1S/C47H72N8O16/c1-2-6-50-46(60)37-30-39-40(53-41(48)32-37)31-38(33-52-39)47(61)54-9-5-36(34-54)45(59)51-8-11-63-13-15-65-17-19-67-21-23-69-25-27-71-29-28-70-26-24-68-22-20-66-18-16-64-14-12-62-10-7-49-42(56)35-55-43(57)3-4-44(55)58/h3-4,30-31,33,36H,2,5-29,32,34-35H2,1H3,(H2,48,53)(H,49,56)(H,50,60)(H,51,59)/t36-/m0/s1. The van der Waals surface area contributed by atoms with E-state index in [0.717, 1.165) is 23.5 Å². The molecule has 0 aliphatic carbocycles. The van der Waals surface area contributed by atoms with Crippen molar-refractivity contribution in [1.29, 1.82) is 0 Å². The third-order valence-corrected chi connectivity index (χ3v) is 10.4. The van der Waals surface area contributed by atoms with Crippen LogP contribution in [0.25, 0.3) is 6.08 Å². The summed E-state index contributed by atoms with van der Waals surface area (Å²) in [4.78, 5) is 84.7. The third kappa shape index (κ3) is 24.1. The highest BCUT2D eigenvalue weighted by Crippen LogP contribution is 2.27. The molecule has 0 spiro atoms. The van der Waals surface area contributed by atoms with Crippen LogP contribution in [0.15, 0.2) is 35.0 Å². The molecule has 3 aliphatic heterocycles. The lowest BCUT2D eigenvalue weighted by atomic mass is 10.1. The lowest BCUT2D eigenvalue weighted by molar-refractivity contribution is -0.141. The highest BCUT2D eigenvalue weighted by atomic mass is 16.6. The Hall–Kier alpha value is -5.28. The summed E-state index contributed by atoms with van der Waals surface area (Å²) < 4.78 is 54.9. The molecule has 0 saturated carbocycles. The number of pyridine rings is 1. The first-order valence-corrected chi connectivity index (χ1v) is 24.1. The number of amides is 6. The molecule has 1 aromatic heterocycles. The zero-order valence-electron chi connectivity index (χ0n) is 40.9. The largest absolute Gasteiger partial charge is 0.387 e. The molecule has 4 heterocycles. The van der Waals surface area contributed by atoms with Gasteiger partial charge in [-0.2, -0.15) is 0 Å². The molecule has 3 aliphatic rings. The van der Waals surface area contributed by atoms with Crippen LogP contribution in [-0.2, 0) is 71.3 Å². The maximum absolute atomic E-state index is 13.3. The molecule has 1 aromatic rings. The van der Waals surface area contributed by atoms with Gasteiger partial charge in [0.05, 0.1) is 155 Å². The number of hydrogen-bond donors (Lipinski definition) is 4. The van der Waals surface area contributed by atoms with Crippen molar-refractivity contribution >= 4 is 53.0 Å². The Bertz CT molecular complexity index is 1880. The van der Waals surface area contributed by atoms with Gasteiger partial charge in [-0.15, -0.1) is 0 Å². The number of nitrogens with one attached hydrogen (secondary N) is 3. The van der Waals surface area contributed by atoms with E-state index in [1.807, 2.05) is 6.92 Å². The molecule has 1 saturated heterocycles. The number of likely N-dealkylation sites (tertiary alicyclic amines) is 1. The van der Waals surface area contributed by atoms with Gasteiger partial charge >= 0.3 is 0 Å². The number of fused-ring (bicyclic) bond motifs is 1. The minimum absolute atomic E-state index is 0.133. The Labute approximate surface area is 414 Å². The molecule has 1 fully saturated rings. The molecule has 0 bridgehead atoms. The predicted octanol–water partition coefficient (Wildman–Crippen LogP) is -0.831. The fourth-order valence-electron chi connectivity index (χ4n) is 6.75. The van der Waals surface area contributed by atoms with E-state index in [1.54, 1.807) is 17.0 Å². The van der Waals surface area contributed by atoms with Gasteiger partial charge in [0.25, 0.3) is 17.7 Å². The van der Waals surface area contributed by atoms with Crippen LogP contribution in [0, 0.1) is 5.92 Å². The molecule has 396 valence electrons. The van der Waals surface area contributed by atoms with Crippen LogP contribution in [-0.4, -0.2) is 227 Å². The van der Waals surface area contributed by atoms with Crippen molar-refractivity contribution in [2.45, 2.75) is 26.2 Å². The highest BCUT2D eigenvalue weighted by molar-refractivity contribution is 6.14. The number of aromatic nitrogens is 1. The number of hydrogen-bond acceptors (Lipinski definition) is 19. The number of nitrogens with zero attached hydrogens (tertiary/aromatic N) is 4. The fraction of sp³-hybridized carbons (Fsp3) is 0.660. The van der Waals surface area contributed by atoms with Crippen molar-refractivity contribution in [2.75, 3.05) is 171 Å². The molecule has 5 N–H and O–H groups in total. The zero-order valence-corrected chi connectivity index (χ0v) is 40.9. The second-order valence-electron chi connectivity index (χ2n) is 15.9. The topological polar surface area (TPSA) is 289 Å². The lowest BCUT2D eigenvalue weighted by Gasteiger charge is -2.17. The molecule has 0 unspecified atom stereocenters. The van der Waals surface area contributed by atoms with E-state index in [0.29, 0.717) is 174 Å². The van der Waals surface area contributed by atoms with E-state index >= 15 is 0 Å². The second kappa shape index (κ2) is 35.8. The van der Waals surface area contributed by atoms with E-state index in [1.165, 1.54) is 6.20 Å². The molecule has 71 heavy (non-hydrogen) atoms. The van der Waals surface area contributed by atoms with Gasteiger partial charge in [-0.1, -0.05) is 6.92 Å². The van der Waals surface area contributed by atoms with Crippen LogP contribution >= 0.6 is 0 Å². The van der Waals surface area contributed by atoms with Gasteiger partial charge in [0.2, 0.25) is 17.7 Å². The summed E-state index contributed by atoms with van der Waals surface area (Å²) in [6.45, 7) is 11.6. The SMILES string of the molecule is CCCNC(=O)C1=Cc2ncc(C(=O)N3CC[C@H](C(=O)NCCOCCOCCOCCOCCOCCOCCOCCOCCOCCOCCNC(=O)CN4C(=O)C=CC4=O)C3)cc2N=C(N)C1. The van der Waals surface area contributed by atoms with Crippen LogP contribution in [0.4, 0.5) is 5.69 Å². The third-order valence-electron chi connectivity index (χ3n) is 10.4. The minimum atomic E-state index is -0.500. The summed E-state index contributed by atoms with van der Waals surface area (Å²) in [5.74, 6) is -2.13. The monoisotopic (exact) mass is 1000 g/mol. The van der Waals surface area contributed by atoms with Gasteiger partial charge < -0.3 is 74.0 Å². The van der Waals surface area contributed by atoms with E-state index in [-0.39, 0.29) is 62.1 Å². The van der Waals surface area contributed by atoms with Crippen LogP contribution in [0.3, 0.4) is 0 Å². The van der Waals surface area contributed by atoms with E-state index < -0.39 is 17.7 Å². The van der Waals surface area contributed by atoms with Gasteiger partial charge in [0.1, 0.15) is 12.4 Å². The molecule has 1 atom stereocenters. The molecular formula is C47H72N8O16. The second-order valence-corrected chi connectivity index (χ2v) is 15.9. The van der Waals surface area contributed by atoms with Gasteiger partial charge in [0, 0.05) is 63.1 Å². The number of ether oxygens (including phenoxy) is 10. The Kier molecular flexibility index (Phi) is 29.4. The summed E-state index contributed by atoms with van der Waals surface area (Å²) >= 11 is 0. The number of carbonyl (C=O) groups is 6. The van der Waals surface area contributed by atoms with Crippen molar-refractivity contribution in [3.63, 3.8) is 0 Å². The molecule has 0 aromatic carbocycles. The van der Waals surface area contributed by atoms with Crippen LogP contribution < -0.4 is 21.7 Å². The smallest absolute Gasteiger partial charge is 0.255 e. The van der Waals surface area contributed by atoms with Crippen molar-refractivity contribution in [3.8, 4) is 0 Å². The fourth-order valence-corrected chi connectivity index (χ4v) is 6.75. The average molecular weight is 1010 g/mol. The number of amidine groups is 1. The first-order valence-electron chi connectivity index (χ1n) is 24.1. The van der Waals surface area contributed by atoms with Crippen LogP contribution in [0.2, 0.25) is 0 Å². The Morgan fingerprint density at radius 1 is 0.648 bits per heavy atom. The number of carbonyl (C=O) groups excluding carboxylic acids is 6. The molecular weight excluding hydrogens is 933 g/mol. The van der Waals surface area contributed by atoms with Gasteiger partial charge in [-0.25, -0.2) is 4.99 Å². The maximum atomic E-state index is 13.3. The molecule has 24 nitrogen and oxygen atoms in total. The normalized spacial score (nSPS) is 15.4. The summed E-state index contributed by atoms with van der Waals surface area (Å²) in [6, 6.07) is 1.62. The predicted molar refractivity (Wildman–Crippen MR) is 255 cm³/mol. The molecule has 4 rings (SSSR count). The van der Waals surface area contributed by atoms with Crippen LogP contribution in [0.5, 0.6) is 0 Å². The Morgan fingerprint density at radius 2 is 1.11 bits per heavy atom. The van der Waals surface area contributed by atoms with Gasteiger partial charge in [0.15, 0.2) is 0 Å². The Balaban J connectivity index is 0.826. The summed E-state index contributed by atoms with van der Waals surface area (Å²) in [6.07, 6.45) is 6.90. The quantitative estimate of drug-likeness (QED) is 0.0461. The average Bonchev–Trinajstić information content (AvgIpc) is 3.94. The highest BCUT2D eigenvalue weighted by Gasteiger charge is 2.32. The number of aliphatic imine (C=N–C) groups is 1. The number of rotatable bonds is 40.